The van der Waals surface area contributed by atoms with Crippen LogP contribution in [0.4, 0.5) is 0 Å². The maximum atomic E-state index is 5.01. The van der Waals surface area contributed by atoms with Crippen molar-refractivity contribution >= 4 is 39.0 Å². The molecule has 0 radical (unpaired) electrons. The average Bonchev–Trinajstić information content (AvgIpc) is 2.82. The molecule has 0 aliphatic rings. The molecule has 2 rings (SSSR count). The number of aromatic nitrogens is 2. The molecule has 1 heterocycles. The Morgan fingerprint density at radius 2 is 2.25 bits per heavy atom. The van der Waals surface area contributed by atoms with Gasteiger partial charge in [-0.2, -0.15) is 0 Å². The molecule has 0 saturated carbocycles. The summed E-state index contributed by atoms with van der Waals surface area (Å²) in [7, 11) is 1.71. The standard InChI is InChI=1S/C13H16BrN3OS2/c1-9-16-17-13(19-9)20-11-4-3-10(12(14)7-11)8-15-5-6-18-2/h3-4,7,15H,5-6,8H2,1-2H3. The van der Waals surface area contributed by atoms with Crippen LogP contribution in [0, 0.1) is 6.92 Å². The molecule has 108 valence electrons. The van der Waals surface area contributed by atoms with Gasteiger partial charge in [0.25, 0.3) is 0 Å². The van der Waals surface area contributed by atoms with Crippen LogP contribution in [-0.4, -0.2) is 30.5 Å². The third kappa shape index (κ3) is 4.82. The number of hydrogen-bond acceptors (Lipinski definition) is 6. The van der Waals surface area contributed by atoms with E-state index in [1.807, 2.05) is 6.92 Å². The van der Waals surface area contributed by atoms with E-state index in [0.717, 1.165) is 38.4 Å². The molecule has 0 saturated heterocycles. The predicted molar refractivity (Wildman–Crippen MR) is 86.5 cm³/mol. The van der Waals surface area contributed by atoms with E-state index in [-0.39, 0.29) is 0 Å². The topological polar surface area (TPSA) is 47.0 Å². The van der Waals surface area contributed by atoms with E-state index in [9.17, 15) is 0 Å². The summed E-state index contributed by atoms with van der Waals surface area (Å²) in [6.45, 7) is 4.37. The Kier molecular flexibility index (Phi) is 6.44. The minimum atomic E-state index is 0.724. The molecule has 20 heavy (non-hydrogen) atoms. The van der Waals surface area contributed by atoms with Gasteiger partial charge >= 0.3 is 0 Å². The average molecular weight is 374 g/mol. The number of ether oxygens (including phenoxy) is 1. The highest BCUT2D eigenvalue weighted by Crippen LogP contribution is 2.32. The van der Waals surface area contributed by atoms with Crippen LogP contribution in [0.2, 0.25) is 0 Å². The summed E-state index contributed by atoms with van der Waals surface area (Å²) in [4.78, 5) is 1.16. The normalized spacial score (nSPS) is 10.9. The zero-order valence-corrected chi connectivity index (χ0v) is 14.6. The Labute approximate surface area is 135 Å². The monoisotopic (exact) mass is 373 g/mol. The van der Waals surface area contributed by atoms with Crippen LogP contribution in [0.1, 0.15) is 10.6 Å². The van der Waals surface area contributed by atoms with Crippen molar-refractivity contribution in [2.24, 2.45) is 0 Å². The van der Waals surface area contributed by atoms with E-state index in [1.54, 1.807) is 30.2 Å². The maximum absolute atomic E-state index is 5.01. The van der Waals surface area contributed by atoms with Crippen molar-refractivity contribution in [1.29, 1.82) is 0 Å². The van der Waals surface area contributed by atoms with Gasteiger partial charge in [0.2, 0.25) is 0 Å². The van der Waals surface area contributed by atoms with Crippen LogP contribution in [0.25, 0.3) is 0 Å². The first kappa shape index (κ1) is 15.9. The van der Waals surface area contributed by atoms with Gasteiger partial charge in [0.15, 0.2) is 4.34 Å². The number of halogens is 1. The number of methoxy groups -OCH3 is 1. The zero-order valence-electron chi connectivity index (χ0n) is 11.4. The van der Waals surface area contributed by atoms with Crippen LogP contribution in [0.5, 0.6) is 0 Å². The molecule has 1 aromatic heterocycles. The molecule has 1 aromatic carbocycles. The highest BCUT2D eigenvalue weighted by Gasteiger charge is 2.06. The first-order valence-electron chi connectivity index (χ1n) is 6.15. The minimum Gasteiger partial charge on any atom is -0.383 e. The lowest BCUT2D eigenvalue weighted by Crippen LogP contribution is -2.18. The van der Waals surface area contributed by atoms with Crippen LogP contribution in [0.3, 0.4) is 0 Å². The van der Waals surface area contributed by atoms with Crippen molar-refractivity contribution in [3.63, 3.8) is 0 Å². The SMILES string of the molecule is COCCNCc1ccc(Sc2nnc(C)s2)cc1Br. The second kappa shape index (κ2) is 8.09. The highest BCUT2D eigenvalue weighted by molar-refractivity contribution is 9.10. The molecule has 0 spiro atoms. The van der Waals surface area contributed by atoms with Gasteiger partial charge in [0.1, 0.15) is 5.01 Å². The zero-order chi connectivity index (χ0) is 14.4. The van der Waals surface area contributed by atoms with Crippen LogP contribution in [0.15, 0.2) is 31.9 Å². The summed E-state index contributed by atoms with van der Waals surface area (Å²) < 4.78 is 7.09. The molecule has 0 bridgehead atoms. The Morgan fingerprint density at radius 1 is 1.40 bits per heavy atom. The predicted octanol–water partition coefficient (Wildman–Crippen LogP) is 3.50. The fourth-order valence-electron chi connectivity index (χ4n) is 1.55. The van der Waals surface area contributed by atoms with Gasteiger partial charge in [-0.15, -0.1) is 10.2 Å². The van der Waals surface area contributed by atoms with E-state index < -0.39 is 0 Å². The molecule has 0 amide bonds. The van der Waals surface area contributed by atoms with E-state index in [4.69, 9.17) is 4.74 Å². The van der Waals surface area contributed by atoms with Gasteiger partial charge < -0.3 is 10.1 Å². The fourth-order valence-corrected chi connectivity index (χ4v) is 4.05. The van der Waals surface area contributed by atoms with E-state index >= 15 is 0 Å². The van der Waals surface area contributed by atoms with Gasteiger partial charge in [-0.05, 0) is 24.6 Å². The molecular weight excluding hydrogens is 358 g/mol. The number of benzene rings is 1. The molecule has 2 aromatic rings. The molecule has 4 nitrogen and oxygen atoms in total. The Balaban J connectivity index is 1.94. The lowest BCUT2D eigenvalue weighted by molar-refractivity contribution is 0.199. The van der Waals surface area contributed by atoms with E-state index in [1.165, 1.54) is 5.56 Å². The van der Waals surface area contributed by atoms with Crippen LogP contribution < -0.4 is 5.32 Å². The molecule has 0 atom stereocenters. The summed E-state index contributed by atoms with van der Waals surface area (Å²) >= 11 is 6.87. The largest absolute Gasteiger partial charge is 0.383 e. The summed E-state index contributed by atoms with van der Waals surface area (Å²) in [6.07, 6.45) is 0. The van der Waals surface area contributed by atoms with Gasteiger partial charge in [0, 0.05) is 29.6 Å². The number of aryl methyl sites for hydroxylation is 1. The number of nitrogens with one attached hydrogen (secondary N) is 1. The van der Waals surface area contributed by atoms with E-state index in [2.05, 4.69) is 49.6 Å². The molecule has 1 N–H and O–H groups in total. The first-order valence-corrected chi connectivity index (χ1v) is 8.57. The van der Waals surface area contributed by atoms with Crippen molar-refractivity contribution in [2.75, 3.05) is 20.3 Å². The Morgan fingerprint density at radius 3 is 2.90 bits per heavy atom. The summed E-state index contributed by atoms with van der Waals surface area (Å²) in [5.41, 5.74) is 1.24. The Hall–Kier alpha value is -0.470. The second-order valence-electron chi connectivity index (χ2n) is 4.11. The third-order valence-electron chi connectivity index (χ3n) is 2.54. The van der Waals surface area contributed by atoms with Gasteiger partial charge in [0.05, 0.1) is 6.61 Å². The third-order valence-corrected chi connectivity index (χ3v) is 5.15. The number of rotatable bonds is 7. The molecule has 0 fully saturated rings. The Bertz CT molecular complexity index is 562. The highest BCUT2D eigenvalue weighted by atomic mass is 79.9. The summed E-state index contributed by atoms with van der Waals surface area (Å²) in [5.74, 6) is 0. The first-order chi connectivity index (χ1) is 9.69. The van der Waals surface area contributed by atoms with Crippen LogP contribution in [-0.2, 0) is 11.3 Å². The quantitative estimate of drug-likeness (QED) is 0.752. The fraction of sp³-hybridized carbons (Fsp3) is 0.385. The maximum Gasteiger partial charge on any atom is 0.179 e. The summed E-state index contributed by atoms with van der Waals surface area (Å²) in [5, 5.41) is 12.5. The van der Waals surface area contributed by atoms with Gasteiger partial charge in [-0.1, -0.05) is 45.1 Å². The number of hydrogen-bond donors (Lipinski definition) is 1. The molecular formula is C13H16BrN3OS2. The van der Waals surface area contributed by atoms with Crippen molar-refractivity contribution in [3.8, 4) is 0 Å². The molecule has 0 aliphatic heterocycles. The smallest absolute Gasteiger partial charge is 0.179 e. The van der Waals surface area contributed by atoms with Crippen molar-refractivity contribution in [1.82, 2.24) is 15.5 Å². The van der Waals surface area contributed by atoms with Crippen molar-refractivity contribution < 1.29 is 4.74 Å². The lowest BCUT2D eigenvalue weighted by atomic mass is 10.2. The number of nitrogens with zero attached hydrogens (tertiary/aromatic N) is 2. The minimum absolute atomic E-state index is 0.724. The second-order valence-corrected chi connectivity index (χ2v) is 7.47. The van der Waals surface area contributed by atoms with Crippen LogP contribution >= 0.6 is 39.0 Å². The van der Waals surface area contributed by atoms with Gasteiger partial charge in [-0.25, -0.2) is 0 Å². The van der Waals surface area contributed by atoms with E-state index in [0.29, 0.717) is 0 Å². The summed E-state index contributed by atoms with van der Waals surface area (Å²) in [6, 6.07) is 6.36. The van der Waals surface area contributed by atoms with Gasteiger partial charge in [-0.3, -0.25) is 0 Å². The lowest BCUT2D eigenvalue weighted by Gasteiger charge is -2.08. The molecule has 7 heteroatoms. The molecule has 0 aliphatic carbocycles. The van der Waals surface area contributed by atoms with Crippen molar-refractivity contribution in [3.05, 3.63) is 33.2 Å². The molecule has 0 unspecified atom stereocenters. The van der Waals surface area contributed by atoms with Crippen molar-refractivity contribution in [2.45, 2.75) is 22.7 Å².